The Balaban J connectivity index is 2.35. The van der Waals surface area contributed by atoms with E-state index in [0.717, 1.165) is 19.1 Å². The minimum atomic E-state index is -4.07. The molecule has 0 aromatic heterocycles. The summed E-state index contributed by atoms with van der Waals surface area (Å²) in [4.78, 5) is 0. The molecule has 0 heterocycles. The van der Waals surface area contributed by atoms with Crippen molar-refractivity contribution >= 4 is 10.2 Å². The lowest BCUT2D eigenvalue weighted by Gasteiger charge is -2.19. The number of rotatable bonds is 4. The van der Waals surface area contributed by atoms with Gasteiger partial charge in [0.1, 0.15) is 23.2 Å². The number of benzene rings is 2. The lowest BCUT2D eigenvalue weighted by atomic mass is 10.1. The first-order valence-corrected chi connectivity index (χ1v) is 6.91. The molecule has 2 aromatic carbocycles. The minimum absolute atomic E-state index is 0.290. The molecule has 1 nitrogen and oxygen atoms in total. The fourth-order valence-electron chi connectivity index (χ4n) is 1.79. The lowest BCUT2D eigenvalue weighted by Crippen LogP contribution is -2.23. The molecular weight excluding hydrogens is 319 g/mol. The Morgan fingerprint density at radius 3 is 2.09 bits per heavy atom. The highest BCUT2D eigenvalue weighted by Crippen LogP contribution is 2.34. The van der Waals surface area contributed by atoms with Gasteiger partial charge in [-0.05, 0) is 30.7 Å². The van der Waals surface area contributed by atoms with E-state index in [0.29, 0.717) is 17.7 Å². The zero-order valence-electron chi connectivity index (χ0n) is 11.4. The second-order valence-corrected chi connectivity index (χ2v) is 4.98. The van der Waals surface area contributed by atoms with Crippen LogP contribution in [0, 0.1) is 24.4 Å². The summed E-state index contributed by atoms with van der Waals surface area (Å²) >= 11 is 0. The fourth-order valence-corrected chi connectivity index (χ4v) is 2.01. The molecule has 3 radical (unpaired) electrons. The van der Waals surface area contributed by atoms with Gasteiger partial charge in [-0.1, -0.05) is 6.07 Å². The molecule has 0 amide bonds. The highest BCUT2D eigenvalue weighted by atomic mass is 28.1. The quantitative estimate of drug-likeness (QED) is 0.603. The molecule has 0 spiro atoms. The van der Waals surface area contributed by atoms with Gasteiger partial charge in [0.25, 0.3) is 0 Å². The molecule has 0 bridgehead atoms. The summed E-state index contributed by atoms with van der Waals surface area (Å²) in [5.74, 6) is -3.95. The number of alkyl halides is 2. The van der Waals surface area contributed by atoms with E-state index in [1.807, 2.05) is 0 Å². The molecule has 0 saturated heterocycles. The molecule has 0 aliphatic carbocycles. The van der Waals surface area contributed by atoms with Gasteiger partial charge in [0.05, 0.1) is 5.56 Å². The number of hydrogen-bond acceptors (Lipinski definition) is 1. The van der Waals surface area contributed by atoms with Gasteiger partial charge in [-0.15, -0.1) is 0 Å². The maximum absolute atomic E-state index is 14.0. The van der Waals surface area contributed by atoms with Crippen molar-refractivity contribution in [3.05, 3.63) is 64.5 Å². The van der Waals surface area contributed by atoms with E-state index in [1.54, 1.807) is 0 Å². The number of hydrogen-bond donors (Lipinski definition) is 0. The molecule has 7 heteroatoms. The first kappa shape index (κ1) is 16.5. The van der Waals surface area contributed by atoms with E-state index >= 15 is 0 Å². The van der Waals surface area contributed by atoms with Crippen molar-refractivity contribution in [2.45, 2.75) is 19.1 Å². The zero-order valence-corrected chi connectivity index (χ0v) is 12.4. The van der Waals surface area contributed by atoms with Gasteiger partial charge in [0.15, 0.2) is 0 Å². The molecule has 22 heavy (non-hydrogen) atoms. The van der Waals surface area contributed by atoms with Crippen LogP contribution < -0.4 is 4.74 Å². The topological polar surface area (TPSA) is 9.23 Å². The lowest BCUT2D eigenvalue weighted by molar-refractivity contribution is -0.187. The van der Waals surface area contributed by atoms with Gasteiger partial charge >= 0.3 is 6.11 Å². The maximum atomic E-state index is 14.0. The van der Waals surface area contributed by atoms with E-state index < -0.39 is 34.9 Å². The highest BCUT2D eigenvalue weighted by molar-refractivity contribution is 6.08. The Bertz CT molecular complexity index is 679. The second kappa shape index (κ2) is 6.08. The Morgan fingerprint density at radius 2 is 1.59 bits per heavy atom. The minimum Gasteiger partial charge on any atom is -0.429 e. The van der Waals surface area contributed by atoms with Gasteiger partial charge in [0, 0.05) is 27.9 Å². The molecule has 0 atom stereocenters. The maximum Gasteiger partial charge on any atom is 0.429 e. The first-order chi connectivity index (χ1) is 10.2. The Labute approximate surface area is 127 Å². The number of ether oxygens (including phenoxy) is 1. The van der Waals surface area contributed by atoms with Crippen molar-refractivity contribution in [2.75, 3.05) is 0 Å². The van der Waals surface area contributed by atoms with Crippen molar-refractivity contribution in [3.8, 4) is 5.75 Å². The molecule has 0 aliphatic heterocycles. The molecule has 0 unspecified atom stereocenters. The average molecular weight is 329 g/mol. The van der Waals surface area contributed by atoms with Crippen LogP contribution >= 0.6 is 0 Å². The average Bonchev–Trinajstić information content (AvgIpc) is 2.43. The summed E-state index contributed by atoms with van der Waals surface area (Å²) in [7, 11) is 3.12. The Kier molecular flexibility index (Phi) is 4.55. The summed E-state index contributed by atoms with van der Waals surface area (Å²) in [6, 6.07) is 4.62. The van der Waals surface area contributed by atoms with Crippen LogP contribution in [0.4, 0.5) is 22.0 Å². The Morgan fingerprint density at radius 1 is 1.00 bits per heavy atom. The fraction of sp³-hybridized carbons (Fsp3) is 0.200. The Hall–Kier alpha value is -1.89. The second-order valence-electron chi connectivity index (χ2n) is 4.62. The third-order valence-electron chi connectivity index (χ3n) is 3.05. The zero-order chi connectivity index (χ0) is 16.5. The van der Waals surface area contributed by atoms with E-state index in [9.17, 15) is 22.0 Å². The van der Waals surface area contributed by atoms with E-state index in [-0.39, 0.29) is 11.6 Å². The van der Waals surface area contributed by atoms with E-state index in [4.69, 9.17) is 0 Å². The van der Waals surface area contributed by atoms with Crippen LogP contribution in [0.5, 0.6) is 5.75 Å². The molecule has 115 valence electrons. The predicted molar refractivity (Wildman–Crippen MR) is 71.5 cm³/mol. The third-order valence-corrected chi connectivity index (χ3v) is 3.46. The standard InChI is InChI=1S/C15H10F5OSi/c1-8-12(16)5-10(6-13(8)17)21-15(19,20)11-3-2-9(7-22)4-14(11)18/h2-6H,7H2,1H3. The summed E-state index contributed by atoms with van der Waals surface area (Å²) in [6.07, 6.45) is -4.07. The van der Waals surface area contributed by atoms with Crippen LogP contribution in [-0.2, 0) is 12.2 Å². The third kappa shape index (κ3) is 3.29. The van der Waals surface area contributed by atoms with Gasteiger partial charge in [-0.25, -0.2) is 13.2 Å². The van der Waals surface area contributed by atoms with Gasteiger partial charge in [0.2, 0.25) is 0 Å². The van der Waals surface area contributed by atoms with Crippen molar-refractivity contribution in [1.29, 1.82) is 0 Å². The normalized spacial score (nSPS) is 11.6. The van der Waals surface area contributed by atoms with Crippen LogP contribution in [0.25, 0.3) is 0 Å². The molecule has 0 aliphatic rings. The first-order valence-electron chi connectivity index (χ1n) is 6.20. The molecule has 2 rings (SSSR count). The van der Waals surface area contributed by atoms with E-state index in [1.165, 1.54) is 6.07 Å². The molecular formula is C15H10F5OSi. The van der Waals surface area contributed by atoms with Crippen LogP contribution in [-0.4, -0.2) is 10.2 Å². The van der Waals surface area contributed by atoms with Crippen molar-refractivity contribution in [1.82, 2.24) is 0 Å². The monoisotopic (exact) mass is 329 g/mol. The molecule has 0 fully saturated rings. The van der Waals surface area contributed by atoms with Crippen LogP contribution in [0.15, 0.2) is 30.3 Å². The van der Waals surface area contributed by atoms with Crippen LogP contribution in [0.3, 0.4) is 0 Å². The molecule has 0 N–H and O–H groups in total. The highest BCUT2D eigenvalue weighted by Gasteiger charge is 2.38. The SMILES string of the molecule is Cc1c(F)cc(OC(F)(F)c2ccc(C[Si])cc2F)cc1F. The van der Waals surface area contributed by atoms with Crippen molar-refractivity contribution < 1.29 is 26.7 Å². The molecule has 0 saturated carbocycles. The molecule has 2 aromatic rings. The number of halogens is 5. The smallest absolute Gasteiger partial charge is 0.429 e. The van der Waals surface area contributed by atoms with Crippen LogP contribution in [0.1, 0.15) is 16.7 Å². The van der Waals surface area contributed by atoms with Crippen LogP contribution in [0.2, 0.25) is 0 Å². The van der Waals surface area contributed by atoms with E-state index in [2.05, 4.69) is 15.0 Å². The summed E-state index contributed by atoms with van der Waals surface area (Å²) < 4.78 is 72.7. The van der Waals surface area contributed by atoms with Gasteiger partial charge < -0.3 is 4.74 Å². The predicted octanol–water partition coefficient (Wildman–Crippen LogP) is 4.21. The summed E-state index contributed by atoms with van der Waals surface area (Å²) in [5, 5.41) is 0. The van der Waals surface area contributed by atoms with Crippen molar-refractivity contribution in [2.24, 2.45) is 0 Å². The largest absolute Gasteiger partial charge is 0.429 e. The summed E-state index contributed by atoms with van der Waals surface area (Å²) in [6.45, 7) is 1.16. The van der Waals surface area contributed by atoms with Gasteiger partial charge in [-0.2, -0.15) is 8.78 Å². The summed E-state index contributed by atoms with van der Waals surface area (Å²) in [5.41, 5.74) is -0.873. The van der Waals surface area contributed by atoms with Crippen molar-refractivity contribution in [3.63, 3.8) is 0 Å². The van der Waals surface area contributed by atoms with Gasteiger partial charge in [-0.3, -0.25) is 0 Å².